The van der Waals surface area contributed by atoms with Crippen molar-refractivity contribution in [1.82, 2.24) is 0 Å². The quantitative estimate of drug-likeness (QED) is 0.234. The fourth-order valence-electron chi connectivity index (χ4n) is 4.66. The van der Waals surface area contributed by atoms with E-state index in [4.69, 9.17) is 21.1 Å². The lowest BCUT2D eigenvalue weighted by Gasteiger charge is -2.27. The number of nitrogens with zero attached hydrogens (tertiary/aromatic N) is 1. The van der Waals surface area contributed by atoms with Gasteiger partial charge in [-0.15, -0.1) is 0 Å². The molecule has 1 unspecified atom stereocenters. The summed E-state index contributed by atoms with van der Waals surface area (Å²) in [6, 6.07) is 17.1. The highest BCUT2D eigenvalue weighted by Gasteiger charge is 2.48. The molecular weight excluding hydrogens is 490 g/mol. The molecule has 4 rings (SSSR count). The van der Waals surface area contributed by atoms with E-state index in [-0.39, 0.29) is 33.1 Å². The van der Waals surface area contributed by atoms with Crippen molar-refractivity contribution in [1.29, 1.82) is 0 Å². The van der Waals surface area contributed by atoms with Crippen molar-refractivity contribution in [3.8, 4) is 11.5 Å². The van der Waals surface area contributed by atoms with E-state index in [0.717, 1.165) is 11.1 Å². The Balaban J connectivity index is 2.00. The Morgan fingerprint density at radius 3 is 2.22 bits per heavy atom. The molecule has 1 aliphatic heterocycles. The van der Waals surface area contributed by atoms with Gasteiger partial charge in [0.05, 0.1) is 36.4 Å². The number of carbonyl (C=O) groups excluding carboxylic acids is 2. The van der Waals surface area contributed by atoms with Crippen LogP contribution >= 0.6 is 11.6 Å². The van der Waals surface area contributed by atoms with E-state index in [0.29, 0.717) is 17.0 Å². The van der Waals surface area contributed by atoms with Gasteiger partial charge in [0, 0.05) is 11.3 Å². The van der Waals surface area contributed by atoms with Crippen molar-refractivity contribution >= 4 is 34.7 Å². The molecule has 1 atom stereocenters. The zero-order valence-corrected chi connectivity index (χ0v) is 22.5. The summed E-state index contributed by atoms with van der Waals surface area (Å²) >= 11 is 6.39. The van der Waals surface area contributed by atoms with Crippen LogP contribution in [0, 0.1) is 6.92 Å². The van der Waals surface area contributed by atoms with E-state index in [1.54, 1.807) is 36.4 Å². The standard InChI is InChI=1S/C30H30ClNO5/c1-17-15-21(28(37-6)22(31)16-17)26(33)24-25(20-9-7-8-10-23(20)36-5)32(29(35)27(24)34)19-13-11-18(12-14-19)30(2,3)4/h7-16,25,33H,1-6H3/b26-24+. The van der Waals surface area contributed by atoms with E-state index < -0.39 is 17.7 Å². The summed E-state index contributed by atoms with van der Waals surface area (Å²) in [5.74, 6) is -1.24. The van der Waals surface area contributed by atoms with Crippen LogP contribution in [0.15, 0.2) is 66.2 Å². The number of aliphatic hydroxyl groups is 1. The normalized spacial score (nSPS) is 17.3. The van der Waals surface area contributed by atoms with Crippen molar-refractivity contribution in [2.24, 2.45) is 0 Å². The molecule has 0 aromatic heterocycles. The number of halogens is 1. The maximum atomic E-state index is 13.6. The number of anilines is 1. The van der Waals surface area contributed by atoms with Crippen LogP contribution in [-0.2, 0) is 15.0 Å². The Morgan fingerprint density at radius 1 is 0.973 bits per heavy atom. The molecule has 3 aromatic rings. The molecule has 1 heterocycles. The lowest BCUT2D eigenvalue weighted by atomic mass is 9.87. The Kier molecular flexibility index (Phi) is 7.07. The zero-order valence-electron chi connectivity index (χ0n) is 21.8. The number of hydrogen-bond acceptors (Lipinski definition) is 5. The molecule has 1 fully saturated rings. The minimum absolute atomic E-state index is 0.0747. The predicted molar refractivity (Wildman–Crippen MR) is 146 cm³/mol. The van der Waals surface area contributed by atoms with Crippen molar-refractivity contribution in [3.63, 3.8) is 0 Å². The second kappa shape index (κ2) is 9.94. The van der Waals surface area contributed by atoms with E-state index in [9.17, 15) is 14.7 Å². The average molecular weight is 520 g/mol. The van der Waals surface area contributed by atoms with E-state index in [2.05, 4.69) is 20.8 Å². The third kappa shape index (κ3) is 4.69. The van der Waals surface area contributed by atoms with E-state index in [1.165, 1.54) is 19.1 Å². The molecule has 0 radical (unpaired) electrons. The molecule has 3 aromatic carbocycles. The molecular formula is C30H30ClNO5. The molecule has 0 bridgehead atoms. The highest BCUT2D eigenvalue weighted by Crippen LogP contribution is 2.46. The number of para-hydroxylation sites is 1. The number of rotatable bonds is 5. The lowest BCUT2D eigenvalue weighted by Crippen LogP contribution is -2.29. The summed E-state index contributed by atoms with van der Waals surface area (Å²) in [4.78, 5) is 28.5. The van der Waals surface area contributed by atoms with Gasteiger partial charge >= 0.3 is 0 Å². The predicted octanol–water partition coefficient (Wildman–Crippen LogP) is 6.59. The number of ketones is 1. The molecule has 1 N–H and O–H groups in total. The largest absolute Gasteiger partial charge is 0.507 e. The molecule has 0 spiro atoms. The first-order valence-corrected chi connectivity index (χ1v) is 12.3. The number of amides is 1. The van der Waals surface area contributed by atoms with Crippen LogP contribution in [0.2, 0.25) is 5.02 Å². The second-order valence-corrected chi connectivity index (χ2v) is 10.4. The number of ether oxygens (including phenoxy) is 2. The lowest BCUT2D eigenvalue weighted by molar-refractivity contribution is -0.132. The van der Waals surface area contributed by atoms with Gasteiger partial charge < -0.3 is 14.6 Å². The number of aliphatic hydroxyl groups excluding tert-OH is 1. The van der Waals surface area contributed by atoms with Crippen molar-refractivity contribution in [3.05, 3.63) is 93.5 Å². The van der Waals surface area contributed by atoms with Crippen LogP contribution in [0.3, 0.4) is 0 Å². The van der Waals surface area contributed by atoms with Gasteiger partial charge in [-0.3, -0.25) is 14.5 Å². The maximum absolute atomic E-state index is 13.6. The minimum atomic E-state index is -0.944. The van der Waals surface area contributed by atoms with Crippen LogP contribution < -0.4 is 14.4 Å². The van der Waals surface area contributed by atoms with Crippen LogP contribution in [0.25, 0.3) is 5.76 Å². The van der Waals surface area contributed by atoms with Crippen molar-refractivity contribution in [2.45, 2.75) is 39.2 Å². The summed E-state index contributed by atoms with van der Waals surface area (Å²) in [6.45, 7) is 8.12. The summed E-state index contributed by atoms with van der Waals surface area (Å²) in [5, 5.41) is 11.9. The van der Waals surface area contributed by atoms with E-state index in [1.807, 2.05) is 31.2 Å². The Labute approximate surface area is 222 Å². The van der Waals surface area contributed by atoms with Gasteiger partial charge in [-0.2, -0.15) is 0 Å². The Hall–Kier alpha value is -3.77. The molecule has 0 saturated carbocycles. The molecule has 1 aliphatic rings. The fraction of sp³-hybridized carbons (Fsp3) is 0.267. The summed E-state index contributed by atoms with van der Waals surface area (Å²) in [7, 11) is 2.95. The smallest absolute Gasteiger partial charge is 0.300 e. The maximum Gasteiger partial charge on any atom is 0.300 e. The Bertz CT molecular complexity index is 1400. The number of carbonyl (C=O) groups is 2. The van der Waals surface area contributed by atoms with Gasteiger partial charge in [-0.25, -0.2) is 0 Å². The summed E-state index contributed by atoms with van der Waals surface area (Å²) in [6.07, 6.45) is 0. The van der Waals surface area contributed by atoms with Gasteiger partial charge in [0.2, 0.25) is 0 Å². The van der Waals surface area contributed by atoms with Crippen molar-refractivity contribution < 1.29 is 24.2 Å². The first-order valence-electron chi connectivity index (χ1n) is 11.9. The third-order valence-corrected chi connectivity index (χ3v) is 6.82. The number of hydrogen-bond donors (Lipinski definition) is 1. The monoisotopic (exact) mass is 519 g/mol. The van der Waals surface area contributed by atoms with Crippen LogP contribution in [-0.4, -0.2) is 31.0 Å². The summed E-state index contributed by atoms with van der Waals surface area (Å²) < 4.78 is 11.0. The highest BCUT2D eigenvalue weighted by atomic mass is 35.5. The van der Waals surface area contributed by atoms with Crippen LogP contribution in [0.1, 0.15) is 49.1 Å². The van der Waals surface area contributed by atoms with Gasteiger partial charge in [0.25, 0.3) is 11.7 Å². The third-order valence-electron chi connectivity index (χ3n) is 6.54. The fourth-order valence-corrected chi connectivity index (χ4v) is 5.02. The molecule has 6 nitrogen and oxygen atoms in total. The zero-order chi connectivity index (χ0) is 27.1. The molecule has 1 amide bonds. The van der Waals surface area contributed by atoms with Gasteiger partial charge in [-0.05, 0) is 53.8 Å². The average Bonchev–Trinajstić information content (AvgIpc) is 3.12. The molecule has 37 heavy (non-hydrogen) atoms. The van der Waals surface area contributed by atoms with Gasteiger partial charge in [-0.1, -0.05) is 62.7 Å². The minimum Gasteiger partial charge on any atom is -0.507 e. The molecule has 1 saturated heterocycles. The molecule has 192 valence electrons. The van der Waals surface area contributed by atoms with E-state index >= 15 is 0 Å². The SMILES string of the molecule is COc1ccccc1C1/C(=C(\O)c2cc(C)cc(Cl)c2OC)C(=O)C(=O)N1c1ccc(C(C)(C)C)cc1. The molecule has 0 aliphatic carbocycles. The van der Waals surface area contributed by atoms with Crippen molar-refractivity contribution in [2.75, 3.05) is 19.1 Å². The topological polar surface area (TPSA) is 76.1 Å². The van der Waals surface area contributed by atoms with Crippen LogP contribution in [0.4, 0.5) is 5.69 Å². The Morgan fingerprint density at radius 2 is 1.62 bits per heavy atom. The van der Waals surface area contributed by atoms with Gasteiger partial charge in [0.15, 0.2) is 0 Å². The number of methoxy groups -OCH3 is 2. The summed E-state index contributed by atoms with van der Waals surface area (Å²) in [5.41, 5.74) is 3.00. The number of Topliss-reactive ketones (excluding diaryl/α,β-unsaturated/α-hetero) is 1. The molecule has 7 heteroatoms. The van der Waals surface area contributed by atoms with Gasteiger partial charge in [0.1, 0.15) is 17.3 Å². The van der Waals surface area contributed by atoms with Crippen LogP contribution in [0.5, 0.6) is 11.5 Å². The number of aryl methyl sites for hydroxylation is 1. The first kappa shape index (κ1) is 26.3. The number of benzene rings is 3. The highest BCUT2D eigenvalue weighted by molar-refractivity contribution is 6.51. The first-order chi connectivity index (χ1) is 17.5. The second-order valence-electron chi connectivity index (χ2n) is 10.0.